The number of pyridine rings is 3. The second kappa shape index (κ2) is 10.8. The first-order chi connectivity index (χ1) is 18.3. The lowest BCUT2D eigenvalue weighted by molar-refractivity contribution is 0.0981. The summed E-state index contributed by atoms with van der Waals surface area (Å²) in [5.41, 5.74) is 7.75. The second-order valence-corrected chi connectivity index (χ2v) is 12.9. The van der Waals surface area contributed by atoms with Crippen molar-refractivity contribution in [3.63, 3.8) is 0 Å². The van der Waals surface area contributed by atoms with Crippen molar-refractivity contribution >= 4 is 33.4 Å². The van der Waals surface area contributed by atoms with E-state index in [2.05, 4.69) is 54.5 Å². The van der Waals surface area contributed by atoms with Gasteiger partial charge < -0.3 is 16.0 Å². The van der Waals surface area contributed by atoms with Gasteiger partial charge in [0, 0.05) is 20.1 Å². The van der Waals surface area contributed by atoms with Crippen LogP contribution < -0.4 is 20.7 Å². The Morgan fingerprint density at radius 1 is 1.15 bits per heavy atom. The number of carbonyl (C=O) groups is 1. The van der Waals surface area contributed by atoms with Crippen LogP contribution >= 0.6 is 0 Å². The average Bonchev–Trinajstić information content (AvgIpc) is 3.14. The minimum atomic E-state index is -4.26. The van der Waals surface area contributed by atoms with Gasteiger partial charge in [-0.3, -0.25) is 4.79 Å². The van der Waals surface area contributed by atoms with Gasteiger partial charge in [0.15, 0.2) is 5.03 Å². The fourth-order valence-corrected chi connectivity index (χ4v) is 5.87. The number of nitrogen functional groups attached to an aromatic ring is 1. The van der Waals surface area contributed by atoms with Crippen molar-refractivity contribution in [3.8, 4) is 11.4 Å². The Kier molecular flexibility index (Phi) is 7.83. The third-order valence-corrected chi connectivity index (χ3v) is 7.96. The molecule has 0 radical (unpaired) electrons. The van der Waals surface area contributed by atoms with Gasteiger partial charge in [0.2, 0.25) is 0 Å². The summed E-state index contributed by atoms with van der Waals surface area (Å²) in [5, 5.41) is 3.02. The Morgan fingerprint density at radius 3 is 2.54 bits per heavy atom. The van der Waals surface area contributed by atoms with E-state index >= 15 is 0 Å². The summed E-state index contributed by atoms with van der Waals surface area (Å²) in [4.78, 5) is 29.1. The first kappa shape index (κ1) is 28.3. The molecule has 4 N–H and O–H groups in total. The number of sulfonamides is 1. The Labute approximate surface area is 232 Å². The normalized spacial score (nSPS) is 16.9. The predicted octanol–water partition coefficient (Wildman–Crippen LogP) is 4.49. The molecule has 39 heavy (non-hydrogen) atoms. The minimum absolute atomic E-state index is 0. The van der Waals surface area contributed by atoms with E-state index in [1.807, 2.05) is 19.1 Å². The highest BCUT2D eigenvalue weighted by molar-refractivity contribution is 7.90. The third kappa shape index (κ3) is 6.30. The fraction of sp³-hybridized carbons (Fsp3) is 0.429. The van der Waals surface area contributed by atoms with Crippen LogP contribution in [0.25, 0.3) is 11.4 Å². The van der Waals surface area contributed by atoms with E-state index in [4.69, 9.17) is 15.7 Å². The van der Waals surface area contributed by atoms with Crippen LogP contribution in [0.3, 0.4) is 0 Å². The summed E-state index contributed by atoms with van der Waals surface area (Å²) in [6, 6.07) is 11.5. The number of aryl methyl sites for hydroxylation is 1. The van der Waals surface area contributed by atoms with Crippen LogP contribution in [0.5, 0.6) is 0 Å². The smallest absolute Gasteiger partial charge is 0.281 e. The van der Waals surface area contributed by atoms with E-state index in [1.54, 1.807) is 12.1 Å². The number of hydrogen-bond acceptors (Lipinski definition) is 9. The lowest BCUT2D eigenvalue weighted by atomic mass is 9.97. The number of aromatic nitrogens is 3. The molecule has 4 rings (SSSR count). The first-order valence-electron chi connectivity index (χ1n) is 13.1. The maximum Gasteiger partial charge on any atom is 0.281 e. The van der Waals surface area contributed by atoms with Gasteiger partial charge in [0.1, 0.15) is 17.5 Å². The number of nitrogens with two attached hydrogens (primary N) is 1. The molecule has 0 bridgehead atoms. The highest BCUT2D eigenvalue weighted by atomic mass is 32.2. The van der Waals surface area contributed by atoms with Gasteiger partial charge in [0.25, 0.3) is 15.9 Å². The summed E-state index contributed by atoms with van der Waals surface area (Å²) in [7, 11) is -4.26. The van der Waals surface area contributed by atoms with E-state index in [-0.39, 0.29) is 23.4 Å². The quantitative estimate of drug-likeness (QED) is 0.368. The van der Waals surface area contributed by atoms with E-state index in [0.29, 0.717) is 35.6 Å². The Hall–Kier alpha value is -3.73. The average molecular weight is 554 g/mol. The third-order valence-electron chi connectivity index (χ3n) is 6.73. The van der Waals surface area contributed by atoms with Crippen LogP contribution in [-0.4, -0.2) is 47.9 Å². The lowest BCUT2D eigenvalue weighted by Crippen LogP contribution is -2.41. The van der Waals surface area contributed by atoms with Gasteiger partial charge >= 0.3 is 0 Å². The fourth-order valence-electron chi connectivity index (χ4n) is 4.93. The van der Waals surface area contributed by atoms with Crippen LogP contribution in [0.2, 0.25) is 0 Å². The van der Waals surface area contributed by atoms with Crippen molar-refractivity contribution in [3.05, 3.63) is 53.6 Å². The molecule has 10 nitrogen and oxygen atoms in total. The summed E-state index contributed by atoms with van der Waals surface area (Å²) in [6.07, 6.45) is 0.900. The first-order valence-corrected chi connectivity index (χ1v) is 14.6. The maximum absolute atomic E-state index is 13.5. The molecular weight excluding hydrogens is 514 g/mol. The summed E-state index contributed by atoms with van der Waals surface area (Å²) >= 11 is 0. The molecule has 3 aromatic rings. The Bertz CT molecular complexity index is 1490. The monoisotopic (exact) mass is 553 g/mol. The molecule has 1 aliphatic heterocycles. The van der Waals surface area contributed by atoms with Crippen molar-refractivity contribution in [1.82, 2.24) is 19.7 Å². The van der Waals surface area contributed by atoms with Crippen molar-refractivity contribution in [2.24, 2.45) is 11.8 Å². The van der Waals surface area contributed by atoms with Gasteiger partial charge in [-0.2, -0.15) is 8.42 Å². The molecular formula is C28H39N7O3S. The van der Waals surface area contributed by atoms with Crippen molar-refractivity contribution in [2.75, 3.05) is 29.0 Å². The maximum atomic E-state index is 13.5. The highest BCUT2D eigenvalue weighted by Crippen LogP contribution is 2.38. The molecule has 1 saturated heterocycles. The molecule has 1 unspecified atom stereocenters. The molecule has 0 saturated carbocycles. The predicted molar refractivity (Wildman–Crippen MR) is 156 cm³/mol. The van der Waals surface area contributed by atoms with Crippen LogP contribution in [-0.2, 0) is 10.0 Å². The zero-order chi connectivity index (χ0) is 28.5. The number of amides is 1. The van der Waals surface area contributed by atoms with E-state index in [0.717, 1.165) is 24.3 Å². The molecule has 0 aliphatic carbocycles. The van der Waals surface area contributed by atoms with E-state index in [1.165, 1.54) is 18.2 Å². The molecule has 1 aliphatic rings. The number of nitrogens with zero attached hydrogens (tertiary/aromatic N) is 4. The Balaban J connectivity index is 0.00000441. The van der Waals surface area contributed by atoms with Crippen LogP contribution in [0.4, 0.5) is 17.5 Å². The van der Waals surface area contributed by atoms with E-state index in [9.17, 15) is 13.2 Å². The molecule has 210 valence electrons. The van der Waals surface area contributed by atoms with Gasteiger partial charge in [-0.05, 0) is 74.9 Å². The van der Waals surface area contributed by atoms with Gasteiger partial charge in [0.05, 0.1) is 17.0 Å². The van der Waals surface area contributed by atoms with Crippen LogP contribution in [0.15, 0.2) is 47.5 Å². The number of rotatable bonds is 8. The number of carbonyl (C=O) groups excluding carboxylic acids is 1. The van der Waals surface area contributed by atoms with Crippen LogP contribution in [0, 0.1) is 18.8 Å². The number of hydrogen-bond donors (Lipinski definition) is 3. The highest BCUT2D eigenvalue weighted by Gasteiger charge is 2.39. The summed E-state index contributed by atoms with van der Waals surface area (Å²) in [5.74, 6) is 1.22. The largest absolute Gasteiger partial charge is 0.384 e. The zero-order valence-corrected chi connectivity index (χ0v) is 24.1. The topological polar surface area (TPSA) is 143 Å². The molecule has 1 fully saturated rings. The standard InChI is InChI=1S/C28H37N7O3S.H2/c1-17(2)15-30-23-13-10-19(4)25(33-23)21-12-11-20(26(31-21)35-16-18(3)14-28(35,5)6)27(36)34-39(37,38)24-9-7-8-22(29)32-24;/h7-13,17-18H,14-16H2,1-6H3,(H2,29,32)(H,30,33)(H,34,36);1H. The molecule has 0 aromatic carbocycles. The summed E-state index contributed by atoms with van der Waals surface area (Å²) in [6.45, 7) is 14.0. The van der Waals surface area contributed by atoms with Gasteiger partial charge in [-0.25, -0.2) is 19.7 Å². The molecule has 11 heteroatoms. The van der Waals surface area contributed by atoms with Crippen molar-refractivity contribution < 1.29 is 14.6 Å². The van der Waals surface area contributed by atoms with Gasteiger partial charge in [-0.1, -0.05) is 32.9 Å². The number of nitrogens with one attached hydrogen (secondary N) is 2. The van der Waals surface area contributed by atoms with Crippen molar-refractivity contribution in [2.45, 2.75) is 58.5 Å². The lowest BCUT2D eigenvalue weighted by Gasteiger charge is -2.34. The molecule has 4 heterocycles. The molecule has 1 atom stereocenters. The molecule has 3 aromatic heterocycles. The van der Waals surface area contributed by atoms with Crippen molar-refractivity contribution in [1.29, 1.82) is 0 Å². The molecule has 0 spiro atoms. The second-order valence-electron chi connectivity index (χ2n) is 11.3. The zero-order valence-electron chi connectivity index (χ0n) is 23.3. The SMILES string of the molecule is Cc1ccc(NCC(C)C)nc1-c1ccc(C(=O)NS(=O)(=O)c2cccc(N)n2)c(N2CC(C)CC2(C)C)n1.[HH]. The number of anilines is 3. The Morgan fingerprint density at radius 2 is 1.90 bits per heavy atom. The minimum Gasteiger partial charge on any atom is -0.384 e. The van der Waals surface area contributed by atoms with E-state index < -0.39 is 15.9 Å². The summed E-state index contributed by atoms with van der Waals surface area (Å²) < 4.78 is 28.1. The molecule has 1 amide bonds. The van der Waals surface area contributed by atoms with Crippen LogP contribution in [0.1, 0.15) is 58.4 Å². The van der Waals surface area contributed by atoms with Gasteiger partial charge in [-0.15, -0.1) is 0 Å².